The topological polar surface area (TPSA) is 55.1 Å². The average Bonchev–Trinajstić information content (AvgIpc) is 2.91. The predicted molar refractivity (Wildman–Crippen MR) is 105 cm³/mol. The molecule has 0 bridgehead atoms. The molecule has 144 valence electrons. The molecule has 0 amide bonds. The Balaban J connectivity index is 3.45. The second kappa shape index (κ2) is 8.47. The Hall–Kier alpha value is -2.17. The van der Waals surface area contributed by atoms with E-state index in [2.05, 4.69) is 34.6 Å². The van der Waals surface area contributed by atoms with Crippen LogP contribution >= 0.6 is 0 Å². The molecule has 1 unspecified atom stereocenters. The molecule has 0 fully saturated rings. The largest absolute Gasteiger partial charge is 0.478 e. The molecule has 0 spiro atoms. The number of aromatic nitrogens is 2. The number of alkyl halides is 1. The number of allylic oxidation sites excluding steroid dienone is 5. The molecule has 0 aliphatic carbocycles. The molecule has 0 aromatic carbocycles. The van der Waals surface area contributed by atoms with Crippen LogP contribution in [-0.4, -0.2) is 27.0 Å². The lowest BCUT2D eigenvalue weighted by Crippen LogP contribution is -2.25. The fourth-order valence-electron chi connectivity index (χ4n) is 2.70. The molecule has 0 radical (unpaired) electrons. The van der Waals surface area contributed by atoms with Gasteiger partial charge in [0, 0.05) is 11.8 Å². The smallest absolute Gasteiger partial charge is 0.328 e. The molecule has 1 rings (SSSR count). The van der Waals surface area contributed by atoms with E-state index >= 15 is 0 Å². The highest BCUT2D eigenvalue weighted by atomic mass is 19.1. The molecule has 0 saturated heterocycles. The van der Waals surface area contributed by atoms with Crippen LogP contribution in [0, 0.1) is 0 Å². The molecular weight excluding hydrogens is 331 g/mol. The van der Waals surface area contributed by atoms with Crippen molar-refractivity contribution in [1.82, 2.24) is 9.78 Å². The maximum absolute atomic E-state index is 14.2. The van der Waals surface area contributed by atoms with Crippen LogP contribution in [0.25, 0.3) is 5.57 Å². The normalized spacial score (nSPS) is 15.5. The van der Waals surface area contributed by atoms with Gasteiger partial charge < -0.3 is 5.11 Å². The standard InChI is InChI=1S/C21H31FN2O2/c1-13(2)19-12-18(23-24(19)21(6,7)8)15(4)17(16(5)22)10-9-14(3)11-20(25)26/h9-13,16H,1-8H3,(H,25,26). The van der Waals surface area contributed by atoms with Gasteiger partial charge in [0.1, 0.15) is 6.17 Å². The van der Waals surface area contributed by atoms with Crippen LogP contribution in [0.4, 0.5) is 4.39 Å². The van der Waals surface area contributed by atoms with Crippen molar-refractivity contribution in [3.05, 3.63) is 46.8 Å². The first-order chi connectivity index (χ1) is 11.8. The quantitative estimate of drug-likeness (QED) is 0.538. The zero-order chi connectivity index (χ0) is 20.2. The van der Waals surface area contributed by atoms with E-state index in [1.165, 1.54) is 6.92 Å². The minimum absolute atomic E-state index is 0.170. The minimum Gasteiger partial charge on any atom is -0.478 e. The number of carboxylic acid groups (broad SMARTS) is 1. The summed E-state index contributed by atoms with van der Waals surface area (Å²) in [6.07, 6.45) is 3.16. The zero-order valence-electron chi connectivity index (χ0n) is 17.1. The van der Waals surface area contributed by atoms with Gasteiger partial charge in [-0.1, -0.05) is 26.0 Å². The van der Waals surface area contributed by atoms with Crippen molar-refractivity contribution in [2.24, 2.45) is 0 Å². The van der Waals surface area contributed by atoms with Crippen LogP contribution in [-0.2, 0) is 10.3 Å². The summed E-state index contributed by atoms with van der Waals surface area (Å²) in [6.45, 7) is 15.5. The van der Waals surface area contributed by atoms with E-state index in [1.54, 1.807) is 19.1 Å². The first-order valence-electron chi connectivity index (χ1n) is 8.89. The van der Waals surface area contributed by atoms with Crippen LogP contribution in [0.3, 0.4) is 0 Å². The van der Waals surface area contributed by atoms with E-state index in [1.807, 2.05) is 17.7 Å². The highest BCUT2D eigenvalue weighted by molar-refractivity contribution is 5.81. The van der Waals surface area contributed by atoms with Crippen molar-refractivity contribution < 1.29 is 14.3 Å². The van der Waals surface area contributed by atoms with Crippen molar-refractivity contribution in [1.29, 1.82) is 0 Å². The molecule has 1 atom stereocenters. The van der Waals surface area contributed by atoms with E-state index in [0.717, 1.165) is 23.0 Å². The van der Waals surface area contributed by atoms with Crippen molar-refractivity contribution in [2.45, 2.75) is 73.0 Å². The zero-order valence-corrected chi connectivity index (χ0v) is 17.1. The van der Waals surface area contributed by atoms with Crippen molar-refractivity contribution in [3.8, 4) is 0 Å². The lowest BCUT2D eigenvalue weighted by atomic mass is 10.0. The van der Waals surface area contributed by atoms with Gasteiger partial charge in [-0.15, -0.1) is 0 Å². The Labute approximate surface area is 156 Å². The summed E-state index contributed by atoms with van der Waals surface area (Å²) in [5.74, 6) is -0.723. The summed E-state index contributed by atoms with van der Waals surface area (Å²) >= 11 is 0. The van der Waals surface area contributed by atoms with Gasteiger partial charge in [0.25, 0.3) is 0 Å². The van der Waals surface area contributed by atoms with Gasteiger partial charge in [0.05, 0.1) is 11.2 Å². The lowest BCUT2D eigenvalue weighted by molar-refractivity contribution is -0.131. The number of hydrogen-bond donors (Lipinski definition) is 1. The number of rotatable bonds is 6. The van der Waals surface area contributed by atoms with Crippen LogP contribution < -0.4 is 0 Å². The first kappa shape index (κ1) is 21.9. The third-order valence-electron chi connectivity index (χ3n) is 4.09. The van der Waals surface area contributed by atoms with Gasteiger partial charge in [-0.2, -0.15) is 5.10 Å². The Morgan fingerprint density at radius 2 is 1.81 bits per heavy atom. The summed E-state index contributed by atoms with van der Waals surface area (Å²) in [5, 5.41) is 13.5. The minimum atomic E-state index is -1.19. The molecule has 1 heterocycles. The van der Waals surface area contributed by atoms with Gasteiger partial charge in [0.15, 0.2) is 0 Å². The van der Waals surface area contributed by atoms with Crippen LogP contribution in [0.15, 0.2) is 35.4 Å². The van der Waals surface area contributed by atoms with Crippen LogP contribution in [0.2, 0.25) is 0 Å². The number of halogens is 1. The lowest BCUT2D eigenvalue weighted by Gasteiger charge is -2.23. The van der Waals surface area contributed by atoms with Gasteiger partial charge in [-0.05, 0) is 70.2 Å². The number of carbonyl (C=O) groups is 1. The van der Waals surface area contributed by atoms with Crippen molar-refractivity contribution in [2.75, 3.05) is 0 Å². The average molecular weight is 362 g/mol. The van der Waals surface area contributed by atoms with Gasteiger partial charge in [-0.3, -0.25) is 4.68 Å². The molecule has 0 aliphatic heterocycles. The van der Waals surface area contributed by atoms with Crippen molar-refractivity contribution in [3.63, 3.8) is 0 Å². The van der Waals surface area contributed by atoms with Gasteiger partial charge in [0.2, 0.25) is 0 Å². The molecule has 1 aromatic rings. The summed E-state index contributed by atoms with van der Waals surface area (Å²) in [4.78, 5) is 10.7. The highest BCUT2D eigenvalue weighted by Crippen LogP contribution is 2.29. The maximum Gasteiger partial charge on any atom is 0.328 e. The number of nitrogens with zero attached hydrogens (tertiary/aromatic N) is 2. The molecular formula is C21H31FN2O2. The first-order valence-corrected chi connectivity index (χ1v) is 8.89. The fourth-order valence-corrected chi connectivity index (χ4v) is 2.70. The molecule has 26 heavy (non-hydrogen) atoms. The molecule has 0 aliphatic rings. The summed E-state index contributed by atoms with van der Waals surface area (Å²) in [7, 11) is 0. The predicted octanol–water partition coefficient (Wildman–Crippen LogP) is 5.48. The molecule has 1 N–H and O–H groups in total. The summed E-state index contributed by atoms with van der Waals surface area (Å²) < 4.78 is 16.2. The molecule has 5 heteroatoms. The van der Waals surface area contributed by atoms with Gasteiger partial charge >= 0.3 is 5.97 Å². The Morgan fingerprint density at radius 3 is 2.19 bits per heavy atom. The van der Waals surface area contributed by atoms with E-state index in [4.69, 9.17) is 10.2 Å². The summed E-state index contributed by atoms with van der Waals surface area (Å²) in [6, 6.07) is 2.02. The fraction of sp³-hybridized carbons (Fsp3) is 0.524. The summed E-state index contributed by atoms with van der Waals surface area (Å²) in [5.41, 5.74) is 3.47. The number of aliphatic carboxylic acids is 1. The van der Waals surface area contributed by atoms with Crippen LogP contribution in [0.5, 0.6) is 0 Å². The van der Waals surface area contributed by atoms with E-state index < -0.39 is 12.1 Å². The SMILES string of the molecule is CC(C=CC(=C(C)c1cc(C(C)C)n(C(C)(C)C)n1)C(C)F)=CC(=O)O. The van der Waals surface area contributed by atoms with E-state index in [0.29, 0.717) is 17.1 Å². The molecule has 0 saturated carbocycles. The Bertz CT molecular complexity index is 745. The monoisotopic (exact) mass is 362 g/mol. The molecule has 1 aromatic heterocycles. The van der Waals surface area contributed by atoms with E-state index in [-0.39, 0.29) is 5.54 Å². The highest BCUT2D eigenvalue weighted by Gasteiger charge is 2.22. The second-order valence-corrected chi connectivity index (χ2v) is 7.95. The van der Waals surface area contributed by atoms with Gasteiger partial charge in [-0.25, -0.2) is 9.18 Å². The number of carboxylic acids is 1. The van der Waals surface area contributed by atoms with Crippen molar-refractivity contribution >= 4 is 11.5 Å². The second-order valence-electron chi connectivity index (χ2n) is 7.95. The number of hydrogen-bond acceptors (Lipinski definition) is 2. The third-order valence-corrected chi connectivity index (χ3v) is 4.09. The Kier molecular flexibility index (Phi) is 7.13. The van der Waals surface area contributed by atoms with Crippen LogP contribution in [0.1, 0.15) is 72.7 Å². The maximum atomic E-state index is 14.2. The third kappa shape index (κ3) is 5.68. The van der Waals surface area contributed by atoms with E-state index in [9.17, 15) is 9.18 Å². The molecule has 4 nitrogen and oxygen atoms in total. The Morgan fingerprint density at radius 1 is 1.23 bits per heavy atom.